The second-order valence-electron chi connectivity index (χ2n) is 6.71. The molecule has 2 aliphatic rings. The molecule has 0 bridgehead atoms. The molecule has 1 saturated heterocycles. The maximum Gasteiger partial charge on any atom is 0.342 e. The molecule has 1 amide bonds. The van der Waals surface area contributed by atoms with Gasteiger partial charge in [0.2, 0.25) is 0 Å². The molecule has 1 saturated carbocycles. The van der Waals surface area contributed by atoms with Gasteiger partial charge in [-0.1, -0.05) is 6.07 Å². The number of rotatable bonds is 7. The smallest absolute Gasteiger partial charge is 0.342 e. The highest BCUT2D eigenvalue weighted by Gasteiger charge is 2.42. The van der Waals surface area contributed by atoms with Crippen LogP contribution in [-0.4, -0.2) is 69.6 Å². The third-order valence-electron chi connectivity index (χ3n) is 4.78. The fraction of sp³-hybridized carbons (Fsp3) is 0.556. The van der Waals surface area contributed by atoms with E-state index < -0.39 is 22.4 Å². The van der Waals surface area contributed by atoms with E-state index >= 15 is 0 Å². The van der Waals surface area contributed by atoms with Gasteiger partial charge in [-0.15, -0.1) is 0 Å². The molecule has 1 aliphatic heterocycles. The van der Waals surface area contributed by atoms with Gasteiger partial charge in [0.25, 0.3) is 5.91 Å². The first-order valence-electron chi connectivity index (χ1n) is 8.76. The molecule has 1 aliphatic carbocycles. The number of amides is 1. The summed E-state index contributed by atoms with van der Waals surface area (Å²) in [5.41, 5.74) is 0.158. The monoisotopic (exact) mass is 397 g/mol. The normalized spacial score (nSPS) is 20.7. The Morgan fingerprint density at radius 1 is 1.11 bits per heavy atom. The quantitative estimate of drug-likeness (QED) is 0.634. The van der Waals surface area contributed by atoms with Crippen molar-refractivity contribution in [1.82, 2.24) is 4.90 Å². The first kappa shape index (κ1) is 19.5. The van der Waals surface area contributed by atoms with E-state index in [-0.39, 0.29) is 40.8 Å². The Balaban J connectivity index is 1.67. The Morgan fingerprint density at radius 3 is 2.41 bits per heavy atom. The van der Waals surface area contributed by atoms with Crippen LogP contribution in [0, 0.1) is 0 Å². The maximum atomic E-state index is 12.6. The van der Waals surface area contributed by atoms with Crippen molar-refractivity contribution in [1.29, 1.82) is 0 Å². The minimum Gasteiger partial charge on any atom is -0.493 e. The van der Waals surface area contributed by atoms with Crippen LogP contribution in [0.25, 0.3) is 0 Å². The van der Waals surface area contributed by atoms with Crippen molar-refractivity contribution in [3.8, 4) is 11.5 Å². The van der Waals surface area contributed by atoms with Gasteiger partial charge in [0, 0.05) is 12.1 Å². The molecular weight excluding hydrogens is 374 g/mol. The van der Waals surface area contributed by atoms with Crippen molar-refractivity contribution in [2.45, 2.75) is 31.3 Å². The standard InChI is InChI=1S/C18H23NO7S/c1-24-15-5-3-4-14(17(15)25-2)18(21)26-10-16(20)19(12-6-7-12)13-8-9-27(22,23)11-13/h3-5,12-13H,6-11H2,1-2H3/t13-/m0/s1. The number of para-hydroxylation sites is 1. The third-order valence-corrected chi connectivity index (χ3v) is 6.53. The summed E-state index contributed by atoms with van der Waals surface area (Å²) in [7, 11) is -0.233. The molecule has 8 nitrogen and oxygen atoms in total. The number of sulfone groups is 1. The van der Waals surface area contributed by atoms with E-state index in [4.69, 9.17) is 14.2 Å². The zero-order valence-electron chi connectivity index (χ0n) is 15.3. The van der Waals surface area contributed by atoms with Crippen LogP contribution >= 0.6 is 0 Å². The maximum absolute atomic E-state index is 12.6. The molecule has 0 spiro atoms. The molecule has 2 fully saturated rings. The predicted octanol–water partition coefficient (Wildman–Crippen LogP) is 1.04. The van der Waals surface area contributed by atoms with Crippen LogP contribution in [0.4, 0.5) is 0 Å². The number of benzene rings is 1. The predicted molar refractivity (Wildman–Crippen MR) is 96.8 cm³/mol. The lowest BCUT2D eigenvalue weighted by Gasteiger charge is -2.28. The zero-order chi connectivity index (χ0) is 19.6. The van der Waals surface area contributed by atoms with E-state index in [9.17, 15) is 18.0 Å². The van der Waals surface area contributed by atoms with Crippen molar-refractivity contribution in [3.05, 3.63) is 23.8 Å². The SMILES string of the molecule is COc1cccc(C(=O)OCC(=O)N(C2CC2)[C@H]2CCS(=O)(=O)C2)c1OC. The highest BCUT2D eigenvalue weighted by atomic mass is 32.2. The van der Waals surface area contributed by atoms with E-state index in [1.807, 2.05) is 0 Å². The van der Waals surface area contributed by atoms with Gasteiger partial charge < -0.3 is 19.1 Å². The Morgan fingerprint density at radius 2 is 1.85 bits per heavy atom. The summed E-state index contributed by atoms with van der Waals surface area (Å²) in [6.07, 6.45) is 2.13. The van der Waals surface area contributed by atoms with Crippen LogP contribution in [0.15, 0.2) is 18.2 Å². The van der Waals surface area contributed by atoms with Crippen molar-refractivity contribution in [2.24, 2.45) is 0 Å². The number of ether oxygens (including phenoxy) is 3. The highest BCUT2D eigenvalue weighted by molar-refractivity contribution is 7.91. The van der Waals surface area contributed by atoms with Crippen LogP contribution < -0.4 is 9.47 Å². The van der Waals surface area contributed by atoms with Gasteiger partial charge in [-0.2, -0.15) is 0 Å². The fourth-order valence-corrected chi connectivity index (χ4v) is 5.09. The molecule has 3 rings (SSSR count). The third kappa shape index (κ3) is 4.35. The minimum absolute atomic E-state index is 0.0209. The largest absolute Gasteiger partial charge is 0.493 e. The molecule has 0 aromatic heterocycles. The van der Waals surface area contributed by atoms with Gasteiger partial charge in [-0.05, 0) is 31.4 Å². The second-order valence-corrected chi connectivity index (χ2v) is 8.93. The molecule has 148 valence electrons. The highest BCUT2D eigenvalue weighted by Crippen LogP contribution is 2.33. The van der Waals surface area contributed by atoms with Crippen molar-refractivity contribution in [2.75, 3.05) is 32.3 Å². The van der Waals surface area contributed by atoms with Crippen LogP contribution in [0.3, 0.4) is 0 Å². The summed E-state index contributed by atoms with van der Waals surface area (Å²) in [6, 6.07) is 4.51. The number of carbonyl (C=O) groups is 2. The summed E-state index contributed by atoms with van der Waals surface area (Å²) < 4.78 is 39.0. The lowest BCUT2D eigenvalue weighted by molar-refractivity contribution is -0.137. The summed E-state index contributed by atoms with van der Waals surface area (Å²) in [4.78, 5) is 26.6. The lowest BCUT2D eigenvalue weighted by Crippen LogP contribution is -2.44. The van der Waals surface area contributed by atoms with Gasteiger partial charge >= 0.3 is 5.97 Å². The van der Waals surface area contributed by atoms with Crippen LogP contribution in [0.1, 0.15) is 29.6 Å². The van der Waals surface area contributed by atoms with E-state index in [1.54, 1.807) is 17.0 Å². The summed E-state index contributed by atoms with van der Waals surface area (Å²) in [5.74, 6) is -0.377. The fourth-order valence-electron chi connectivity index (χ4n) is 3.38. The van der Waals surface area contributed by atoms with E-state index in [0.29, 0.717) is 12.2 Å². The molecule has 1 aromatic carbocycles. The van der Waals surface area contributed by atoms with Gasteiger partial charge in [0.05, 0.1) is 25.7 Å². The van der Waals surface area contributed by atoms with E-state index in [0.717, 1.165) is 12.8 Å². The molecule has 1 heterocycles. The Hall–Kier alpha value is -2.29. The molecule has 27 heavy (non-hydrogen) atoms. The molecular formula is C18H23NO7S. The minimum atomic E-state index is -3.10. The van der Waals surface area contributed by atoms with E-state index in [2.05, 4.69) is 0 Å². The van der Waals surface area contributed by atoms with Crippen molar-refractivity contribution >= 4 is 21.7 Å². The first-order chi connectivity index (χ1) is 12.9. The van der Waals surface area contributed by atoms with Crippen molar-refractivity contribution < 1.29 is 32.2 Å². The molecule has 0 radical (unpaired) electrons. The number of hydrogen-bond donors (Lipinski definition) is 0. The zero-order valence-corrected chi connectivity index (χ0v) is 16.2. The Kier molecular flexibility index (Phi) is 5.59. The van der Waals surface area contributed by atoms with Crippen LogP contribution in [0.5, 0.6) is 11.5 Å². The van der Waals surface area contributed by atoms with Gasteiger partial charge in [0.15, 0.2) is 27.9 Å². The molecule has 0 N–H and O–H groups in total. The van der Waals surface area contributed by atoms with Gasteiger partial charge in [-0.3, -0.25) is 4.79 Å². The Labute approximate surface area is 158 Å². The average Bonchev–Trinajstić information content (AvgIpc) is 3.41. The van der Waals surface area contributed by atoms with E-state index in [1.165, 1.54) is 20.3 Å². The molecule has 1 atom stereocenters. The van der Waals surface area contributed by atoms with Gasteiger partial charge in [-0.25, -0.2) is 13.2 Å². The summed E-state index contributed by atoms with van der Waals surface area (Å²) in [5, 5.41) is 0. The number of esters is 1. The van der Waals surface area contributed by atoms with Crippen LogP contribution in [0.2, 0.25) is 0 Å². The number of nitrogens with zero attached hydrogens (tertiary/aromatic N) is 1. The first-order valence-corrected chi connectivity index (χ1v) is 10.6. The number of methoxy groups -OCH3 is 2. The number of carbonyl (C=O) groups excluding carboxylic acids is 2. The topological polar surface area (TPSA) is 99.2 Å². The molecule has 9 heteroatoms. The summed E-state index contributed by atoms with van der Waals surface area (Å²) in [6.45, 7) is -0.438. The lowest BCUT2D eigenvalue weighted by atomic mass is 10.2. The van der Waals surface area contributed by atoms with Crippen molar-refractivity contribution in [3.63, 3.8) is 0 Å². The summed E-state index contributed by atoms with van der Waals surface area (Å²) >= 11 is 0. The van der Waals surface area contributed by atoms with Gasteiger partial charge in [0.1, 0.15) is 5.56 Å². The Bertz CT molecular complexity index is 832. The average molecular weight is 397 g/mol. The van der Waals surface area contributed by atoms with Crippen LogP contribution in [-0.2, 0) is 19.4 Å². The second kappa shape index (κ2) is 7.75. The molecule has 1 aromatic rings. The molecule has 0 unspecified atom stereocenters. The number of hydrogen-bond acceptors (Lipinski definition) is 7.